The van der Waals surface area contributed by atoms with Crippen molar-refractivity contribution in [3.63, 3.8) is 0 Å². The van der Waals surface area contributed by atoms with Crippen LogP contribution in [0.2, 0.25) is 0 Å². The number of carbonyl (C=O) groups is 5. The minimum atomic E-state index is -4.51. The molecule has 11 heteroatoms. The molecule has 8 nitrogen and oxygen atoms in total. The summed E-state index contributed by atoms with van der Waals surface area (Å²) in [5.74, 6) is -3.18. The van der Waals surface area contributed by atoms with E-state index in [0.29, 0.717) is 5.56 Å². The Morgan fingerprint density at radius 3 is 2.29 bits per heavy atom. The number of benzene rings is 2. The molecule has 0 aromatic heterocycles. The molecule has 2 N–H and O–H groups in total. The molecule has 1 atom stereocenters. The Labute approximate surface area is 191 Å². The van der Waals surface area contributed by atoms with Crippen LogP contribution in [0, 0.1) is 0 Å². The molecule has 0 saturated carbocycles. The van der Waals surface area contributed by atoms with Gasteiger partial charge in [-0.1, -0.05) is 6.07 Å². The highest BCUT2D eigenvalue weighted by Crippen LogP contribution is 2.34. The van der Waals surface area contributed by atoms with Crippen molar-refractivity contribution >= 4 is 29.5 Å². The number of imide groups is 2. The van der Waals surface area contributed by atoms with Crippen molar-refractivity contribution in [2.75, 3.05) is 0 Å². The van der Waals surface area contributed by atoms with Crippen LogP contribution in [0.4, 0.5) is 13.2 Å². The summed E-state index contributed by atoms with van der Waals surface area (Å²) in [5, 5.41) is 4.71. The zero-order chi connectivity index (χ0) is 24.8. The lowest BCUT2D eigenvalue weighted by atomic mass is 9.89. The Balaban J connectivity index is 1.49. The van der Waals surface area contributed by atoms with Crippen molar-refractivity contribution in [1.82, 2.24) is 15.5 Å². The van der Waals surface area contributed by atoms with Gasteiger partial charge < -0.3 is 5.32 Å². The third kappa shape index (κ3) is 3.93. The van der Waals surface area contributed by atoms with Crippen molar-refractivity contribution in [2.24, 2.45) is 0 Å². The van der Waals surface area contributed by atoms with Gasteiger partial charge in [-0.15, -0.1) is 0 Å². The lowest BCUT2D eigenvalue weighted by molar-refractivity contribution is -0.141. The Bertz CT molecular complexity index is 1240. The summed E-state index contributed by atoms with van der Waals surface area (Å²) in [7, 11) is 0. The largest absolute Gasteiger partial charge is 0.416 e. The minimum absolute atomic E-state index is 0.000815. The average molecular weight is 473 g/mol. The SMILES string of the molecule is CC1(N2C(=O)c3ccc(CNC(=O)c4ccc(C(F)(F)F)cc4)cc3C2=O)CCC(=O)NC1=O. The van der Waals surface area contributed by atoms with Crippen LogP contribution in [-0.2, 0) is 22.3 Å². The van der Waals surface area contributed by atoms with Gasteiger partial charge >= 0.3 is 6.18 Å². The van der Waals surface area contributed by atoms with Gasteiger partial charge in [-0.2, -0.15) is 13.2 Å². The molecule has 1 saturated heterocycles. The summed E-state index contributed by atoms with van der Waals surface area (Å²) in [5.41, 5.74) is -1.75. The molecule has 176 valence electrons. The second kappa shape index (κ2) is 8.08. The molecule has 4 rings (SSSR count). The number of rotatable bonds is 4. The molecule has 2 aliphatic heterocycles. The molecule has 34 heavy (non-hydrogen) atoms. The van der Waals surface area contributed by atoms with Crippen LogP contribution in [0.3, 0.4) is 0 Å². The number of amides is 5. The fourth-order valence-corrected chi connectivity index (χ4v) is 3.95. The zero-order valence-corrected chi connectivity index (χ0v) is 17.8. The van der Waals surface area contributed by atoms with E-state index in [-0.39, 0.29) is 36.1 Å². The number of hydrogen-bond acceptors (Lipinski definition) is 5. The van der Waals surface area contributed by atoms with Crippen molar-refractivity contribution in [3.8, 4) is 0 Å². The fraction of sp³-hybridized carbons (Fsp3) is 0.261. The fourth-order valence-electron chi connectivity index (χ4n) is 3.95. The molecule has 0 bridgehead atoms. The van der Waals surface area contributed by atoms with Crippen LogP contribution < -0.4 is 10.6 Å². The van der Waals surface area contributed by atoms with Crippen LogP contribution in [0.15, 0.2) is 42.5 Å². The lowest BCUT2D eigenvalue weighted by Gasteiger charge is -2.38. The van der Waals surface area contributed by atoms with Crippen molar-refractivity contribution < 1.29 is 37.1 Å². The van der Waals surface area contributed by atoms with Crippen molar-refractivity contribution in [1.29, 1.82) is 0 Å². The molecule has 0 radical (unpaired) electrons. The van der Waals surface area contributed by atoms with Crippen LogP contribution in [0.1, 0.15) is 62.0 Å². The van der Waals surface area contributed by atoms with Crippen molar-refractivity contribution in [2.45, 2.75) is 38.0 Å². The Hall–Kier alpha value is -4.02. The van der Waals surface area contributed by atoms with E-state index in [1.807, 2.05) is 0 Å². The molecule has 1 fully saturated rings. The third-order valence-corrected chi connectivity index (χ3v) is 5.95. The highest BCUT2D eigenvalue weighted by Gasteiger charge is 2.52. The molecule has 2 aromatic carbocycles. The van der Waals surface area contributed by atoms with Gasteiger partial charge in [0.2, 0.25) is 5.91 Å². The minimum Gasteiger partial charge on any atom is -0.348 e. The topological polar surface area (TPSA) is 113 Å². The summed E-state index contributed by atoms with van der Waals surface area (Å²) >= 11 is 0. The zero-order valence-electron chi connectivity index (χ0n) is 17.8. The van der Waals surface area contributed by atoms with Crippen LogP contribution in [-0.4, -0.2) is 40.0 Å². The van der Waals surface area contributed by atoms with Gasteiger partial charge in [0, 0.05) is 18.5 Å². The maximum atomic E-state index is 13.0. The van der Waals surface area contributed by atoms with Gasteiger partial charge in [0.1, 0.15) is 5.54 Å². The highest BCUT2D eigenvalue weighted by molar-refractivity contribution is 6.24. The van der Waals surface area contributed by atoms with Crippen LogP contribution >= 0.6 is 0 Å². The van der Waals surface area contributed by atoms with Crippen molar-refractivity contribution in [3.05, 3.63) is 70.3 Å². The van der Waals surface area contributed by atoms with Crippen LogP contribution in [0.5, 0.6) is 0 Å². The number of halogens is 3. The van der Waals surface area contributed by atoms with E-state index in [9.17, 15) is 37.1 Å². The number of hydrogen-bond donors (Lipinski definition) is 2. The molecule has 2 aromatic rings. The van der Waals surface area contributed by atoms with Crippen LogP contribution in [0.25, 0.3) is 0 Å². The standard InChI is InChI=1S/C23H18F3N3O5/c1-22(9-8-17(30)28-21(22)34)29-19(32)15-7-2-12(10-16(15)20(29)33)11-27-18(31)13-3-5-14(6-4-13)23(24,25)26/h2-7,10H,8-9,11H2,1H3,(H,27,31)(H,28,30,34). The van der Waals surface area contributed by atoms with E-state index in [2.05, 4.69) is 10.6 Å². The maximum Gasteiger partial charge on any atom is 0.416 e. The maximum absolute atomic E-state index is 13.0. The molecule has 5 amide bonds. The number of alkyl halides is 3. The average Bonchev–Trinajstić information content (AvgIpc) is 3.04. The second-order valence-corrected chi connectivity index (χ2v) is 8.23. The predicted octanol–water partition coefficient (Wildman–Crippen LogP) is 2.43. The summed E-state index contributed by atoms with van der Waals surface area (Å²) in [6.07, 6.45) is -4.53. The molecule has 1 unspecified atom stereocenters. The number of nitrogens with zero attached hydrogens (tertiary/aromatic N) is 1. The first-order valence-corrected chi connectivity index (χ1v) is 10.2. The molecular formula is C23H18F3N3O5. The van der Waals surface area contributed by atoms with Gasteiger partial charge in [0.05, 0.1) is 16.7 Å². The highest BCUT2D eigenvalue weighted by atomic mass is 19.4. The quantitative estimate of drug-likeness (QED) is 0.663. The second-order valence-electron chi connectivity index (χ2n) is 8.23. The Morgan fingerprint density at radius 1 is 1.03 bits per heavy atom. The molecule has 0 spiro atoms. The smallest absolute Gasteiger partial charge is 0.348 e. The van der Waals surface area contributed by atoms with Gasteiger partial charge in [-0.05, 0) is 55.3 Å². The number of piperidine rings is 1. The van der Waals surface area contributed by atoms with E-state index in [1.165, 1.54) is 25.1 Å². The van der Waals surface area contributed by atoms with Gasteiger partial charge in [0.25, 0.3) is 23.6 Å². The Kier molecular flexibility index (Phi) is 5.50. The molecular weight excluding hydrogens is 455 g/mol. The van der Waals surface area contributed by atoms with E-state index < -0.39 is 46.8 Å². The summed E-state index contributed by atoms with van der Waals surface area (Å²) in [4.78, 5) is 63.0. The summed E-state index contributed by atoms with van der Waals surface area (Å²) < 4.78 is 38.0. The summed E-state index contributed by atoms with van der Waals surface area (Å²) in [6, 6.07) is 8.07. The first-order valence-electron chi connectivity index (χ1n) is 10.2. The first kappa shape index (κ1) is 23.1. The predicted molar refractivity (Wildman–Crippen MR) is 110 cm³/mol. The summed E-state index contributed by atoms with van der Waals surface area (Å²) in [6.45, 7) is 1.36. The van der Waals surface area contributed by atoms with Gasteiger partial charge in [-0.3, -0.25) is 34.2 Å². The van der Waals surface area contributed by atoms with Gasteiger partial charge in [0.15, 0.2) is 0 Å². The molecule has 2 heterocycles. The van der Waals surface area contributed by atoms with Gasteiger partial charge in [-0.25, -0.2) is 0 Å². The first-order chi connectivity index (χ1) is 15.9. The monoisotopic (exact) mass is 473 g/mol. The van der Waals surface area contributed by atoms with E-state index in [1.54, 1.807) is 0 Å². The van der Waals surface area contributed by atoms with E-state index in [0.717, 1.165) is 29.2 Å². The molecule has 2 aliphatic rings. The number of fused-ring (bicyclic) bond motifs is 1. The lowest BCUT2D eigenvalue weighted by Crippen LogP contribution is -2.62. The molecule has 0 aliphatic carbocycles. The Morgan fingerprint density at radius 2 is 1.68 bits per heavy atom. The number of carbonyl (C=O) groups excluding carboxylic acids is 5. The number of nitrogens with one attached hydrogen (secondary N) is 2. The third-order valence-electron chi connectivity index (χ3n) is 5.95. The van der Waals surface area contributed by atoms with E-state index >= 15 is 0 Å². The normalized spacial score (nSPS) is 20.3. The van der Waals surface area contributed by atoms with E-state index in [4.69, 9.17) is 0 Å².